The van der Waals surface area contributed by atoms with Crippen LogP contribution >= 0.6 is 0 Å². The topological polar surface area (TPSA) is 149 Å². The van der Waals surface area contributed by atoms with Gasteiger partial charge in [-0.15, -0.1) is 0 Å². The summed E-state index contributed by atoms with van der Waals surface area (Å²) in [6.45, 7) is 3.70. The molecular formula is C59H103NO8. The molecule has 9 nitrogen and oxygen atoms in total. The zero-order valence-electron chi connectivity index (χ0n) is 43.3. The first-order valence-electron chi connectivity index (χ1n) is 27.8. The second-order valence-electron chi connectivity index (χ2n) is 19.0. The highest BCUT2D eigenvalue weighted by Crippen LogP contribution is 2.23. The van der Waals surface area contributed by atoms with E-state index in [1.807, 2.05) is 0 Å². The van der Waals surface area contributed by atoms with Gasteiger partial charge >= 0.3 is 0 Å². The van der Waals surface area contributed by atoms with Crippen LogP contribution in [0.1, 0.15) is 226 Å². The molecule has 1 saturated heterocycles. The van der Waals surface area contributed by atoms with Crippen molar-refractivity contribution in [2.24, 2.45) is 0 Å². The number of carbonyl (C=O) groups excluding carboxylic acids is 1. The summed E-state index contributed by atoms with van der Waals surface area (Å²) >= 11 is 0. The molecule has 1 aliphatic rings. The first-order chi connectivity index (χ1) is 33.3. The van der Waals surface area contributed by atoms with E-state index in [0.29, 0.717) is 12.8 Å². The highest BCUT2D eigenvalue weighted by molar-refractivity contribution is 5.76. The lowest BCUT2D eigenvalue weighted by atomic mass is 9.99. The SMILES string of the molecule is CC/C=C\C/C=C\C/C=C\C/C=C\C/C=C\C/C=C\C/C=C\CCCCCCCCCCCCCCCC(=O)NC(COC1OC(CO)C(O)C(O)C1O)C(O)CCCCCCCCCCCC. The number of unbranched alkanes of at least 4 members (excludes halogenated alkanes) is 22. The third-order valence-electron chi connectivity index (χ3n) is 12.8. The third-order valence-corrected chi connectivity index (χ3v) is 12.8. The van der Waals surface area contributed by atoms with Gasteiger partial charge in [-0.1, -0.05) is 234 Å². The first kappa shape index (κ1) is 63.4. The van der Waals surface area contributed by atoms with Gasteiger partial charge in [0.1, 0.15) is 24.4 Å². The van der Waals surface area contributed by atoms with E-state index in [1.54, 1.807) is 0 Å². The minimum atomic E-state index is -1.55. The molecule has 1 amide bonds. The predicted molar refractivity (Wildman–Crippen MR) is 285 cm³/mol. The number of hydrogen-bond donors (Lipinski definition) is 6. The van der Waals surface area contributed by atoms with Crippen LogP contribution in [0.2, 0.25) is 0 Å². The molecule has 0 aromatic heterocycles. The molecule has 0 radical (unpaired) electrons. The maximum atomic E-state index is 13.0. The quantitative estimate of drug-likeness (QED) is 0.0261. The Morgan fingerprint density at radius 1 is 0.515 bits per heavy atom. The van der Waals surface area contributed by atoms with Crippen LogP contribution in [0.5, 0.6) is 0 Å². The highest BCUT2D eigenvalue weighted by atomic mass is 16.7. The summed E-state index contributed by atoms with van der Waals surface area (Å²) in [5, 5.41) is 54.4. The van der Waals surface area contributed by atoms with Crippen LogP contribution in [0.15, 0.2) is 85.1 Å². The lowest BCUT2D eigenvalue weighted by molar-refractivity contribution is -0.302. The van der Waals surface area contributed by atoms with E-state index in [2.05, 4.69) is 104 Å². The van der Waals surface area contributed by atoms with E-state index in [0.717, 1.165) is 83.5 Å². The lowest BCUT2D eigenvalue weighted by Gasteiger charge is -2.40. The van der Waals surface area contributed by atoms with Crippen molar-refractivity contribution < 1.29 is 39.8 Å². The number of nitrogens with one attached hydrogen (secondary N) is 1. The van der Waals surface area contributed by atoms with E-state index in [-0.39, 0.29) is 12.5 Å². The molecule has 0 bridgehead atoms. The number of ether oxygens (including phenoxy) is 2. The van der Waals surface area contributed by atoms with E-state index < -0.39 is 49.5 Å². The van der Waals surface area contributed by atoms with E-state index in [4.69, 9.17) is 9.47 Å². The summed E-state index contributed by atoms with van der Waals surface area (Å²) in [6, 6.07) is -0.722. The van der Waals surface area contributed by atoms with Gasteiger partial charge in [-0.05, 0) is 70.6 Å². The zero-order chi connectivity index (χ0) is 49.4. The molecule has 0 aromatic carbocycles. The molecule has 7 unspecified atom stereocenters. The Morgan fingerprint density at radius 2 is 0.912 bits per heavy atom. The molecule has 0 saturated carbocycles. The minimum Gasteiger partial charge on any atom is -0.394 e. The fourth-order valence-electron chi connectivity index (χ4n) is 8.38. The van der Waals surface area contributed by atoms with Gasteiger partial charge in [-0.25, -0.2) is 0 Å². The summed E-state index contributed by atoms with van der Waals surface area (Å²) in [6.07, 6.45) is 60.5. The van der Waals surface area contributed by atoms with Crippen LogP contribution in [-0.4, -0.2) is 87.5 Å². The van der Waals surface area contributed by atoms with Crippen molar-refractivity contribution >= 4 is 5.91 Å². The fraction of sp³-hybridized carbons (Fsp3) is 0.746. The Hall–Kier alpha value is -2.63. The van der Waals surface area contributed by atoms with E-state index in [9.17, 15) is 30.3 Å². The molecule has 1 heterocycles. The number of aliphatic hydroxyl groups is 5. The van der Waals surface area contributed by atoms with Crippen LogP contribution in [0, 0.1) is 0 Å². The highest BCUT2D eigenvalue weighted by Gasteiger charge is 2.44. The standard InChI is InChI=1S/C59H103NO8/c1-3-5-7-9-11-13-15-16-17-18-19-20-21-22-23-24-25-26-27-28-29-30-31-32-33-34-35-36-37-38-39-41-43-45-47-49-55(63)60-52(51-67-59-58(66)57(65)56(64)54(50-61)68-59)53(62)48-46-44-42-40-14-12-10-8-6-4-2/h5,7,11,13,16-17,19-20,22-23,25-26,28-29,52-54,56-59,61-62,64-66H,3-4,6,8-10,12,14-15,18,21,24,27,30-51H2,1-2H3,(H,60,63)/b7-5-,13-11-,17-16-,20-19-,23-22-,26-25-,29-28-. The van der Waals surface area contributed by atoms with Gasteiger partial charge in [0.2, 0.25) is 5.91 Å². The van der Waals surface area contributed by atoms with Crippen molar-refractivity contribution in [3.63, 3.8) is 0 Å². The largest absolute Gasteiger partial charge is 0.394 e. The summed E-state index contributed by atoms with van der Waals surface area (Å²) in [5.41, 5.74) is 0. The van der Waals surface area contributed by atoms with E-state index in [1.165, 1.54) is 116 Å². The summed E-state index contributed by atoms with van der Waals surface area (Å²) in [5.74, 6) is -0.150. The third kappa shape index (κ3) is 37.2. The first-order valence-corrected chi connectivity index (χ1v) is 27.8. The molecule has 1 rings (SSSR count). The second kappa shape index (κ2) is 48.0. The smallest absolute Gasteiger partial charge is 0.220 e. The maximum absolute atomic E-state index is 13.0. The molecule has 0 aliphatic carbocycles. The van der Waals surface area contributed by atoms with E-state index >= 15 is 0 Å². The molecule has 392 valence electrons. The number of hydrogen-bond acceptors (Lipinski definition) is 8. The van der Waals surface area contributed by atoms with Crippen LogP contribution in [0.3, 0.4) is 0 Å². The average Bonchev–Trinajstić information content (AvgIpc) is 3.34. The maximum Gasteiger partial charge on any atom is 0.220 e. The van der Waals surface area contributed by atoms with Crippen LogP contribution in [-0.2, 0) is 14.3 Å². The second-order valence-corrected chi connectivity index (χ2v) is 19.0. The van der Waals surface area contributed by atoms with Crippen LogP contribution in [0.25, 0.3) is 0 Å². The van der Waals surface area contributed by atoms with Gasteiger partial charge < -0.3 is 40.3 Å². The van der Waals surface area contributed by atoms with Crippen LogP contribution < -0.4 is 5.32 Å². The number of rotatable bonds is 46. The summed E-state index contributed by atoms with van der Waals surface area (Å²) in [7, 11) is 0. The van der Waals surface area contributed by atoms with Crippen molar-refractivity contribution in [3.05, 3.63) is 85.1 Å². The Balaban J connectivity index is 2.11. The fourth-order valence-corrected chi connectivity index (χ4v) is 8.38. The number of aliphatic hydroxyl groups excluding tert-OH is 5. The van der Waals surface area contributed by atoms with Gasteiger partial charge in [-0.3, -0.25) is 4.79 Å². The lowest BCUT2D eigenvalue weighted by Crippen LogP contribution is -2.60. The molecule has 7 atom stereocenters. The Morgan fingerprint density at radius 3 is 1.35 bits per heavy atom. The van der Waals surface area contributed by atoms with Gasteiger partial charge in [0.05, 0.1) is 25.4 Å². The Kier molecular flexibility index (Phi) is 44.8. The molecular weight excluding hydrogens is 851 g/mol. The number of carbonyl (C=O) groups is 1. The average molecular weight is 954 g/mol. The zero-order valence-corrected chi connectivity index (χ0v) is 43.3. The Labute approximate surface area is 416 Å². The van der Waals surface area contributed by atoms with Gasteiger partial charge in [-0.2, -0.15) is 0 Å². The normalized spacial score (nSPS) is 20.2. The van der Waals surface area contributed by atoms with Gasteiger partial charge in [0.15, 0.2) is 6.29 Å². The molecule has 0 aromatic rings. The Bertz CT molecular complexity index is 1340. The summed E-state index contributed by atoms with van der Waals surface area (Å²) < 4.78 is 11.3. The van der Waals surface area contributed by atoms with Gasteiger partial charge in [0.25, 0.3) is 0 Å². The number of amides is 1. The van der Waals surface area contributed by atoms with Crippen LogP contribution in [0.4, 0.5) is 0 Å². The molecule has 1 fully saturated rings. The molecule has 0 spiro atoms. The van der Waals surface area contributed by atoms with Gasteiger partial charge in [0, 0.05) is 6.42 Å². The monoisotopic (exact) mass is 954 g/mol. The van der Waals surface area contributed by atoms with Crippen molar-refractivity contribution in [1.82, 2.24) is 5.32 Å². The molecule has 68 heavy (non-hydrogen) atoms. The molecule has 6 N–H and O–H groups in total. The van der Waals surface area contributed by atoms with Crippen molar-refractivity contribution in [3.8, 4) is 0 Å². The predicted octanol–water partition coefficient (Wildman–Crippen LogP) is 13.5. The van der Waals surface area contributed by atoms with Crippen molar-refractivity contribution in [2.75, 3.05) is 13.2 Å². The summed E-state index contributed by atoms with van der Waals surface area (Å²) in [4.78, 5) is 13.0. The minimum absolute atomic E-state index is 0.141. The molecule has 1 aliphatic heterocycles. The van der Waals surface area contributed by atoms with Crippen molar-refractivity contribution in [1.29, 1.82) is 0 Å². The number of allylic oxidation sites excluding steroid dienone is 14. The van der Waals surface area contributed by atoms with Crippen molar-refractivity contribution in [2.45, 2.75) is 269 Å². The molecule has 9 heteroatoms.